The zero-order valence-corrected chi connectivity index (χ0v) is 13.7. The molecule has 0 N–H and O–H groups in total. The molecule has 0 amide bonds. The molecule has 1 aromatic heterocycles. The Morgan fingerprint density at radius 2 is 2.00 bits per heavy atom. The number of thioether (sulfide) groups is 1. The van der Waals surface area contributed by atoms with Crippen molar-refractivity contribution in [3.8, 4) is 5.75 Å². The minimum Gasteiger partial charge on any atom is -0.458 e. The summed E-state index contributed by atoms with van der Waals surface area (Å²) in [6.07, 6.45) is 2.39. The summed E-state index contributed by atoms with van der Waals surface area (Å²) in [5.41, 5.74) is 1.86. The smallest absolute Gasteiger partial charge is 0.458 e. The van der Waals surface area contributed by atoms with Crippen molar-refractivity contribution in [3.63, 3.8) is 0 Å². The molecule has 0 aliphatic heterocycles. The number of carbonyl (C=O) groups is 2. The van der Waals surface area contributed by atoms with E-state index in [1.54, 1.807) is 33.0 Å². The van der Waals surface area contributed by atoms with E-state index in [0.717, 1.165) is 11.8 Å². The monoisotopic (exact) mass is 325 g/mol. The van der Waals surface area contributed by atoms with Crippen molar-refractivity contribution >= 4 is 29.3 Å². The lowest BCUT2D eigenvalue weighted by molar-refractivity contribution is 0.103. The Bertz CT molecular complexity index is 559. The van der Waals surface area contributed by atoms with Gasteiger partial charge in [-0.3, -0.25) is 4.98 Å². The minimum absolute atomic E-state index is 0.208. The first-order valence-electron chi connectivity index (χ1n) is 6.78. The molecular weight excluding hydrogens is 306 g/mol. The van der Waals surface area contributed by atoms with Crippen LogP contribution in [0.25, 0.3) is 6.08 Å². The molecule has 1 heterocycles. The highest BCUT2D eigenvalue weighted by Crippen LogP contribution is 2.30. The van der Waals surface area contributed by atoms with Gasteiger partial charge in [0, 0.05) is 17.5 Å². The molecule has 0 atom stereocenters. The molecule has 1 rings (SSSR count). The maximum Gasteiger partial charge on any atom is 0.513 e. The van der Waals surface area contributed by atoms with Gasteiger partial charge in [-0.25, -0.2) is 9.59 Å². The molecule has 0 spiro atoms. The number of rotatable bonds is 6. The van der Waals surface area contributed by atoms with Crippen LogP contribution < -0.4 is 4.74 Å². The fourth-order valence-corrected chi connectivity index (χ4v) is 2.40. The fraction of sp³-hybridized carbons (Fsp3) is 0.400. The van der Waals surface area contributed by atoms with E-state index in [1.807, 2.05) is 0 Å². The van der Waals surface area contributed by atoms with Crippen molar-refractivity contribution in [1.29, 1.82) is 0 Å². The van der Waals surface area contributed by atoms with Crippen LogP contribution in [-0.4, -0.2) is 29.7 Å². The number of carbonyl (C=O) groups excluding carboxylic acids is 2. The van der Waals surface area contributed by atoms with E-state index in [4.69, 9.17) is 14.2 Å². The van der Waals surface area contributed by atoms with Crippen LogP contribution in [0.5, 0.6) is 5.75 Å². The molecule has 22 heavy (non-hydrogen) atoms. The Hall–Kier alpha value is -2.02. The molecule has 1 aromatic rings. The van der Waals surface area contributed by atoms with E-state index in [9.17, 15) is 9.59 Å². The number of hydrogen-bond donors (Lipinski definition) is 0. The summed E-state index contributed by atoms with van der Waals surface area (Å²) in [5, 5.41) is -0.394. The summed E-state index contributed by atoms with van der Waals surface area (Å²) in [5.74, 6) is 0.561. The highest BCUT2D eigenvalue weighted by molar-refractivity contribution is 8.12. The molecule has 0 aliphatic carbocycles. The average Bonchev–Trinajstić information content (AvgIpc) is 2.48. The van der Waals surface area contributed by atoms with E-state index in [-0.39, 0.29) is 18.1 Å². The van der Waals surface area contributed by atoms with Crippen LogP contribution in [0.4, 0.5) is 9.59 Å². The average molecular weight is 325 g/mol. The number of hydrogen-bond acceptors (Lipinski definition) is 7. The minimum atomic E-state index is -0.809. The Morgan fingerprint density at radius 3 is 2.59 bits per heavy atom. The van der Waals surface area contributed by atoms with Crippen LogP contribution in [0.1, 0.15) is 30.7 Å². The van der Waals surface area contributed by atoms with Crippen LogP contribution in [0.2, 0.25) is 0 Å². The van der Waals surface area contributed by atoms with E-state index in [0.29, 0.717) is 23.4 Å². The third kappa shape index (κ3) is 5.07. The second-order valence-corrected chi connectivity index (χ2v) is 4.98. The first-order valence-corrected chi connectivity index (χ1v) is 7.77. The van der Waals surface area contributed by atoms with Crippen molar-refractivity contribution in [3.05, 3.63) is 29.6 Å². The maximum atomic E-state index is 11.6. The molecule has 0 fully saturated rings. The zero-order chi connectivity index (χ0) is 16.5. The number of aryl methyl sites for hydroxylation is 1. The fourth-order valence-electron chi connectivity index (χ4n) is 1.63. The van der Waals surface area contributed by atoms with Crippen molar-refractivity contribution in [1.82, 2.24) is 4.98 Å². The van der Waals surface area contributed by atoms with Gasteiger partial charge in [-0.15, -0.1) is 0 Å². The van der Waals surface area contributed by atoms with Crippen molar-refractivity contribution in [2.45, 2.75) is 26.5 Å². The molecule has 0 radical (unpaired) electrons. The van der Waals surface area contributed by atoms with E-state index >= 15 is 0 Å². The van der Waals surface area contributed by atoms with Crippen LogP contribution in [0, 0.1) is 6.92 Å². The Labute approximate surface area is 133 Å². The zero-order valence-electron chi connectivity index (χ0n) is 12.9. The molecule has 0 aliphatic rings. The van der Waals surface area contributed by atoms with Gasteiger partial charge in [0.15, 0.2) is 5.75 Å². The van der Waals surface area contributed by atoms with Crippen LogP contribution in [0.15, 0.2) is 12.8 Å². The van der Waals surface area contributed by atoms with Gasteiger partial charge in [-0.1, -0.05) is 12.7 Å². The summed E-state index contributed by atoms with van der Waals surface area (Å²) >= 11 is 0.978. The van der Waals surface area contributed by atoms with E-state index in [2.05, 4.69) is 11.6 Å². The molecule has 0 unspecified atom stereocenters. The van der Waals surface area contributed by atoms with Gasteiger partial charge < -0.3 is 14.2 Å². The van der Waals surface area contributed by atoms with Crippen molar-refractivity contribution in [2.24, 2.45) is 0 Å². The molecule has 0 aromatic carbocycles. The standard InChI is InChI=1S/C15H19NO5S/c1-5-11-8-16-10(4)13(21-14(17)19-6-2)12(11)9-22-15(18)20-7-3/h5,8H,1,6-7,9H2,2-4H3. The second kappa shape index (κ2) is 9.09. The quantitative estimate of drug-likeness (QED) is 0.733. The molecule has 0 bridgehead atoms. The Balaban J connectivity index is 3.04. The second-order valence-electron chi connectivity index (χ2n) is 4.07. The van der Waals surface area contributed by atoms with Gasteiger partial charge in [0.2, 0.25) is 0 Å². The lowest BCUT2D eigenvalue weighted by Gasteiger charge is -2.14. The summed E-state index contributed by atoms with van der Waals surface area (Å²) in [4.78, 5) is 27.2. The van der Waals surface area contributed by atoms with Gasteiger partial charge in [-0.2, -0.15) is 0 Å². The van der Waals surface area contributed by atoms with Crippen molar-refractivity contribution in [2.75, 3.05) is 13.2 Å². The number of pyridine rings is 1. The van der Waals surface area contributed by atoms with E-state index < -0.39 is 11.5 Å². The largest absolute Gasteiger partial charge is 0.513 e. The lowest BCUT2D eigenvalue weighted by atomic mass is 10.1. The third-order valence-corrected chi connectivity index (χ3v) is 3.40. The number of aromatic nitrogens is 1. The first-order chi connectivity index (χ1) is 10.5. The van der Waals surface area contributed by atoms with Gasteiger partial charge in [-0.05, 0) is 38.1 Å². The molecule has 0 saturated heterocycles. The summed E-state index contributed by atoms with van der Waals surface area (Å²) in [6.45, 7) is 9.35. The normalized spacial score (nSPS) is 9.95. The number of nitrogens with zero attached hydrogens (tertiary/aromatic N) is 1. The van der Waals surface area contributed by atoms with Gasteiger partial charge >= 0.3 is 11.5 Å². The van der Waals surface area contributed by atoms with Crippen LogP contribution >= 0.6 is 11.8 Å². The predicted molar refractivity (Wildman–Crippen MR) is 85.0 cm³/mol. The molecule has 6 nitrogen and oxygen atoms in total. The molecule has 0 saturated carbocycles. The highest BCUT2D eigenvalue weighted by atomic mass is 32.2. The Morgan fingerprint density at radius 1 is 1.32 bits per heavy atom. The van der Waals surface area contributed by atoms with Crippen LogP contribution in [-0.2, 0) is 15.2 Å². The summed E-state index contributed by atoms with van der Waals surface area (Å²) in [7, 11) is 0. The lowest BCUT2D eigenvalue weighted by Crippen LogP contribution is -2.13. The summed E-state index contributed by atoms with van der Waals surface area (Å²) in [6, 6.07) is 0. The van der Waals surface area contributed by atoms with Gasteiger partial charge in [0.05, 0.1) is 18.9 Å². The topological polar surface area (TPSA) is 74.7 Å². The number of ether oxygens (including phenoxy) is 3. The SMILES string of the molecule is C=Cc1cnc(C)c(OC(=O)OCC)c1CSC(=O)OCC. The molecular formula is C15H19NO5S. The Kier molecular flexibility index (Phi) is 7.45. The van der Waals surface area contributed by atoms with Gasteiger partial charge in [0.1, 0.15) is 0 Å². The van der Waals surface area contributed by atoms with Crippen LogP contribution in [0.3, 0.4) is 0 Å². The predicted octanol–water partition coefficient (Wildman–Crippen LogP) is 3.96. The molecule has 120 valence electrons. The van der Waals surface area contributed by atoms with E-state index in [1.165, 1.54) is 0 Å². The first kappa shape index (κ1) is 18.0. The highest BCUT2D eigenvalue weighted by Gasteiger charge is 2.18. The maximum absolute atomic E-state index is 11.6. The third-order valence-electron chi connectivity index (χ3n) is 2.61. The summed E-state index contributed by atoms with van der Waals surface area (Å²) < 4.78 is 14.9. The molecule has 7 heteroatoms. The van der Waals surface area contributed by atoms with Crippen molar-refractivity contribution < 1.29 is 23.8 Å². The van der Waals surface area contributed by atoms with Gasteiger partial charge in [0.25, 0.3) is 0 Å².